The highest BCUT2D eigenvalue weighted by Crippen LogP contribution is 2.32. The average Bonchev–Trinajstić information content (AvgIpc) is 2.81. The van der Waals surface area contributed by atoms with Crippen molar-refractivity contribution in [2.24, 2.45) is 7.05 Å². The minimum atomic E-state index is -4.40. The first-order valence-electron chi connectivity index (χ1n) is 8.31. The zero-order valence-electron chi connectivity index (χ0n) is 14.0. The van der Waals surface area contributed by atoms with Crippen molar-refractivity contribution in [2.75, 3.05) is 6.54 Å². The molecule has 0 saturated carbocycles. The monoisotopic (exact) mass is 362 g/mol. The summed E-state index contributed by atoms with van der Waals surface area (Å²) in [5, 5.41) is 3.25. The number of rotatable bonds is 3. The predicted octanol–water partition coefficient (Wildman–Crippen LogP) is 2.78. The van der Waals surface area contributed by atoms with E-state index in [1.165, 1.54) is 16.8 Å². The summed E-state index contributed by atoms with van der Waals surface area (Å²) in [5.41, 5.74) is 1.22. The molecule has 1 N–H and O–H groups in total. The number of benzene rings is 1. The fourth-order valence-corrected chi connectivity index (χ4v) is 3.21. The molecule has 136 valence electrons. The smallest absolute Gasteiger partial charge is 0.312 e. The molecule has 1 unspecified atom stereocenters. The zero-order valence-corrected chi connectivity index (χ0v) is 14.0. The van der Waals surface area contributed by atoms with E-state index in [2.05, 4.69) is 10.3 Å². The molecule has 0 radical (unpaired) electrons. The third-order valence-corrected chi connectivity index (χ3v) is 4.83. The molecule has 3 heterocycles. The Balaban J connectivity index is 1.82. The first-order chi connectivity index (χ1) is 12.3. The lowest BCUT2D eigenvalue weighted by Crippen LogP contribution is -2.47. The third kappa shape index (κ3) is 2.80. The van der Waals surface area contributed by atoms with Crippen molar-refractivity contribution in [3.8, 4) is 11.1 Å². The molecule has 0 spiro atoms. The number of pyridine rings is 1. The van der Waals surface area contributed by atoms with Gasteiger partial charge in [-0.3, -0.25) is 9.13 Å². The fourth-order valence-electron chi connectivity index (χ4n) is 3.21. The highest BCUT2D eigenvalue weighted by atomic mass is 19.4. The maximum absolute atomic E-state index is 13.0. The summed E-state index contributed by atoms with van der Waals surface area (Å²) >= 11 is 0. The van der Waals surface area contributed by atoms with Gasteiger partial charge in [-0.25, -0.2) is 9.78 Å². The number of hydrogen-bond donors (Lipinski definition) is 1. The summed E-state index contributed by atoms with van der Waals surface area (Å²) in [6.45, 7) is 1.45. The molecule has 1 aliphatic heterocycles. The Morgan fingerprint density at radius 1 is 1.27 bits per heavy atom. The van der Waals surface area contributed by atoms with Gasteiger partial charge in [-0.15, -0.1) is 0 Å². The van der Waals surface area contributed by atoms with Crippen LogP contribution in [0.15, 0.2) is 41.3 Å². The normalized spacial score (nSPS) is 17.5. The molecule has 3 aromatic rings. The van der Waals surface area contributed by atoms with E-state index in [1.807, 2.05) is 0 Å². The molecule has 1 aliphatic rings. The minimum absolute atomic E-state index is 0.178. The maximum Gasteiger partial charge on any atom is 0.416 e. The number of nitrogens with zero attached hydrogens (tertiary/aromatic N) is 3. The second-order valence-electron chi connectivity index (χ2n) is 6.54. The molecule has 5 nitrogen and oxygen atoms in total. The number of aryl methyl sites for hydroxylation is 1. The maximum atomic E-state index is 13.0. The van der Waals surface area contributed by atoms with Gasteiger partial charge in [0, 0.05) is 31.4 Å². The van der Waals surface area contributed by atoms with Gasteiger partial charge in [0.05, 0.1) is 11.1 Å². The molecule has 1 saturated heterocycles. The van der Waals surface area contributed by atoms with Crippen LogP contribution in [0.1, 0.15) is 12.0 Å². The van der Waals surface area contributed by atoms with Crippen LogP contribution in [0.3, 0.4) is 0 Å². The number of halogens is 3. The number of fused-ring (bicyclic) bond motifs is 1. The number of aromatic nitrogens is 3. The molecule has 2 aromatic heterocycles. The van der Waals surface area contributed by atoms with Crippen molar-refractivity contribution in [2.45, 2.75) is 25.2 Å². The van der Waals surface area contributed by atoms with Gasteiger partial charge < -0.3 is 5.32 Å². The van der Waals surface area contributed by atoms with Crippen molar-refractivity contribution in [3.05, 3.63) is 52.6 Å². The fraction of sp³-hybridized carbons (Fsp3) is 0.333. The second kappa shape index (κ2) is 5.98. The van der Waals surface area contributed by atoms with E-state index in [0.717, 1.165) is 25.1 Å². The third-order valence-electron chi connectivity index (χ3n) is 4.83. The van der Waals surface area contributed by atoms with E-state index in [4.69, 9.17) is 0 Å². The number of alkyl halides is 3. The van der Waals surface area contributed by atoms with Gasteiger partial charge in [-0.1, -0.05) is 12.1 Å². The molecule has 0 aliphatic carbocycles. The lowest BCUT2D eigenvalue weighted by Gasteiger charge is -2.27. The van der Waals surface area contributed by atoms with Crippen LogP contribution in [0, 0.1) is 0 Å². The topological polar surface area (TPSA) is 51.9 Å². The van der Waals surface area contributed by atoms with Crippen LogP contribution in [0.25, 0.3) is 22.3 Å². The zero-order chi connectivity index (χ0) is 18.5. The van der Waals surface area contributed by atoms with E-state index in [-0.39, 0.29) is 11.7 Å². The van der Waals surface area contributed by atoms with E-state index in [1.54, 1.807) is 23.7 Å². The molecule has 8 heteroatoms. The van der Waals surface area contributed by atoms with Crippen molar-refractivity contribution >= 4 is 11.2 Å². The standard InChI is InChI=1S/C18H17F3N4O/c1-24-16-15(25(17(24)26)10-14-5-6-22-14)8-12(9-23-16)11-3-2-4-13(7-11)18(19,20)21/h2-4,7-9,14,22H,5-6,10H2,1H3. The highest BCUT2D eigenvalue weighted by Gasteiger charge is 2.30. The average molecular weight is 362 g/mol. The summed E-state index contributed by atoms with van der Waals surface area (Å²) in [6, 6.07) is 7.08. The molecular weight excluding hydrogens is 345 g/mol. The minimum Gasteiger partial charge on any atom is -0.312 e. The summed E-state index contributed by atoms with van der Waals surface area (Å²) in [4.78, 5) is 16.8. The molecule has 1 atom stereocenters. The molecule has 1 aromatic carbocycles. The summed E-state index contributed by atoms with van der Waals surface area (Å²) in [7, 11) is 1.65. The Hall–Kier alpha value is -2.61. The Bertz CT molecular complexity index is 1030. The van der Waals surface area contributed by atoms with Crippen LogP contribution in [-0.4, -0.2) is 26.7 Å². The highest BCUT2D eigenvalue weighted by molar-refractivity contribution is 5.79. The van der Waals surface area contributed by atoms with Gasteiger partial charge in [-0.2, -0.15) is 13.2 Å². The van der Waals surface area contributed by atoms with E-state index < -0.39 is 11.7 Å². The summed E-state index contributed by atoms with van der Waals surface area (Å²) in [6.07, 6.45) is -1.91. The second-order valence-corrected chi connectivity index (χ2v) is 6.54. The van der Waals surface area contributed by atoms with E-state index >= 15 is 0 Å². The van der Waals surface area contributed by atoms with Gasteiger partial charge in [0.1, 0.15) is 0 Å². The molecule has 26 heavy (non-hydrogen) atoms. The van der Waals surface area contributed by atoms with Crippen molar-refractivity contribution in [1.29, 1.82) is 0 Å². The van der Waals surface area contributed by atoms with Gasteiger partial charge in [0.2, 0.25) is 0 Å². The molecule has 0 bridgehead atoms. The first-order valence-corrected chi connectivity index (χ1v) is 8.31. The van der Waals surface area contributed by atoms with Crippen molar-refractivity contribution < 1.29 is 13.2 Å². The van der Waals surface area contributed by atoms with Crippen LogP contribution in [0.4, 0.5) is 13.2 Å². The number of hydrogen-bond acceptors (Lipinski definition) is 3. The van der Waals surface area contributed by atoms with Gasteiger partial charge in [-0.05, 0) is 36.7 Å². The van der Waals surface area contributed by atoms with Crippen LogP contribution >= 0.6 is 0 Å². The predicted molar refractivity (Wildman–Crippen MR) is 91.8 cm³/mol. The Labute approximate surface area is 147 Å². The lowest BCUT2D eigenvalue weighted by atomic mass is 10.0. The Morgan fingerprint density at radius 2 is 2.04 bits per heavy atom. The van der Waals surface area contributed by atoms with Crippen LogP contribution in [0.2, 0.25) is 0 Å². The summed E-state index contributed by atoms with van der Waals surface area (Å²) < 4.78 is 42.0. The van der Waals surface area contributed by atoms with Gasteiger partial charge in [0.15, 0.2) is 5.65 Å². The van der Waals surface area contributed by atoms with Crippen molar-refractivity contribution in [3.63, 3.8) is 0 Å². The summed E-state index contributed by atoms with van der Waals surface area (Å²) in [5.74, 6) is 0. The van der Waals surface area contributed by atoms with Crippen LogP contribution in [-0.2, 0) is 19.8 Å². The molecule has 1 fully saturated rings. The van der Waals surface area contributed by atoms with Crippen molar-refractivity contribution in [1.82, 2.24) is 19.4 Å². The van der Waals surface area contributed by atoms with Crippen LogP contribution in [0.5, 0.6) is 0 Å². The number of nitrogens with one attached hydrogen (secondary N) is 1. The number of imidazole rings is 1. The molecule has 0 amide bonds. The molecule has 4 rings (SSSR count). The Morgan fingerprint density at radius 3 is 2.69 bits per heavy atom. The van der Waals surface area contributed by atoms with Crippen LogP contribution < -0.4 is 11.0 Å². The first kappa shape index (κ1) is 16.8. The van der Waals surface area contributed by atoms with Gasteiger partial charge in [0.25, 0.3) is 0 Å². The Kier molecular flexibility index (Phi) is 3.87. The SMILES string of the molecule is Cn1c(=O)n(CC2CCN2)c2cc(-c3cccc(C(F)(F)F)c3)cnc21. The van der Waals surface area contributed by atoms with E-state index in [0.29, 0.717) is 28.8 Å². The molecular formula is C18H17F3N4O. The quantitative estimate of drug-likeness (QED) is 0.780. The van der Waals surface area contributed by atoms with E-state index in [9.17, 15) is 18.0 Å². The lowest BCUT2D eigenvalue weighted by molar-refractivity contribution is -0.137. The largest absolute Gasteiger partial charge is 0.416 e. The van der Waals surface area contributed by atoms with Gasteiger partial charge >= 0.3 is 11.9 Å².